The van der Waals surface area contributed by atoms with Crippen molar-refractivity contribution in [3.8, 4) is 0 Å². The summed E-state index contributed by atoms with van der Waals surface area (Å²) in [5.41, 5.74) is 0.619. The molecule has 0 radical (unpaired) electrons. The van der Waals surface area contributed by atoms with Crippen molar-refractivity contribution in [2.45, 2.75) is 0 Å². The third-order valence-corrected chi connectivity index (χ3v) is 3.02. The van der Waals surface area contributed by atoms with Gasteiger partial charge < -0.3 is 5.32 Å². The molecule has 96 valence electrons. The summed E-state index contributed by atoms with van der Waals surface area (Å²) in [7, 11) is 0. The Balaban J connectivity index is 2.26. The summed E-state index contributed by atoms with van der Waals surface area (Å²) in [5.74, 6) is -0.380. The average molecular weight is 322 g/mol. The zero-order chi connectivity index (χ0) is 13.8. The van der Waals surface area contributed by atoms with Crippen LogP contribution in [0.2, 0.25) is 0 Å². The van der Waals surface area contributed by atoms with Gasteiger partial charge >= 0.3 is 0 Å². The Morgan fingerprint density at radius 3 is 2.79 bits per heavy atom. The number of carbonyl (C=O) groups is 1. The number of hydrogen-bond donors (Lipinski definition) is 1. The number of non-ortho nitro benzene ring substituents is 1. The molecule has 0 bridgehead atoms. The molecule has 0 spiro atoms. The summed E-state index contributed by atoms with van der Waals surface area (Å²) in [6, 6.07) is 7.39. The summed E-state index contributed by atoms with van der Waals surface area (Å²) in [6.45, 7) is 0. The maximum atomic E-state index is 11.9. The molecule has 0 saturated carbocycles. The zero-order valence-corrected chi connectivity index (χ0v) is 11.1. The van der Waals surface area contributed by atoms with Crippen molar-refractivity contribution in [1.82, 2.24) is 4.98 Å². The van der Waals surface area contributed by atoms with Crippen LogP contribution in [-0.4, -0.2) is 15.8 Å². The Bertz CT molecular complexity index is 631. The molecule has 1 amide bonds. The van der Waals surface area contributed by atoms with Crippen molar-refractivity contribution in [3.63, 3.8) is 0 Å². The molecule has 1 aromatic carbocycles. The smallest absolute Gasteiger partial charge is 0.271 e. The van der Waals surface area contributed by atoms with E-state index in [0.29, 0.717) is 15.7 Å². The third kappa shape index (κ3) is 3.14. The second-order valence-corrected chi connectivity index (χ2v) is 4.47. The largest absolute Gasteiger partial charge is 0.321 e. The number of hydrogen-bond acceptors (Lipinski definition) is 4. The van der Waals surface area contributed by atoms with Crippen LogP contribution in [0, 0.1) is 10.1 Å². The summed E-state index contributed by atoms with van der Waals surface area (Å²) >= 11 is 3.23. The molecule has 2 rings (SSSR count). The van der Waals surface area contributed by atoms with E-state index in [1.807, 2.05) is 0 Å². The fraction of sp³-hybridized carbons (Fsp3) is 0. The van der Waals surface area contributed by atoms with E-state index < -0.39 is 4.92 Å². The molecular weight excluding hydrogens is 314 g/mol. The Morgan fingerprint density at radius 2 is 2.16 bits per heavy atom. The number of nitro benzene ring substituents is 1. The van der Waals surface area contributed by atoms with Crippen LogP contribution < -0.4 is 5.32 Å². The summed E-state index contributed by atoms with van der Waals surface area (Å²) < 4.78 is 0.565. The first-order valence-corrected chi connectivity index (χ1v) is 6.02. The minimum absolute atomic E-state index is 0.0929. The van der Waals surface area contributed by atoms with E-state index in [4.69, 9.17) is 0 Å². The highest BCUT2D eigenvalue weighted by Gasteiger charge is 2.12. The minimum atomic E-state index is -0.522. The van der Waals surface area contributed by atoms with Crippen LogP contribution in [0.1, 0.15) is 10.4 Å². The molecule has 1 aromatic heterocycles. The van der Waals surface area contributed by atoms with Crippen LogP contribution in [0.25, 0.3) is 0 Å². The fourth-order valence-electron chi connectivity index (χ4n) is 1.41. The van der Waals surface area contributed by atoms with E-state index in [0.717, 1.165) is 0 Å². The lowest BCUT2D eigenvalue weighted by molar-refractivity contribution is -0.384. The topological polar surface area (TPSA) is 85.1 Å². The first-order valence-electron chi connectivity index (χ1n) is 5.23. The van der Waals surface area contributed by atoms with E-state index in [1.165, 1.54) is 24.4 Å². The van der Waals surface area contributed by atoms with Gasteiger partial charge in [-0.2, -0.15) is 0 Å². The zero-order valence-electron chi connectivity index (χ0n) is 9.54. The molecule has 0 aliphatic carbocycles. The molecule has 0 unspecified atom stereocenters. The SMILES string of the molecule is O=C(Nc1cc([N+](=O)[O-])ccc1Br)c1cccnc1. The number of benzene rings is 1. The highest BCUT2D eigenvalue weighted by atomic mass is 79.9. The van der Waals surface area contributed by atoms with Crippen LogP contribution in [-0.2, 0) is 0 Å². The monoisotopic (exact) mass is 321 g/mol. The molecule has 2 aromatic rings. The lowest BCUT2D eigenvalue weighted by Crippen LogP contribution is -2.12. The predicted octanol–water partition coefficient (Wildman–Crippen LogP) is 3.00. The number of nitrogens with one attached hydrogen (secondary N) is 1. The number of carbonyl (C=O) groups excluding carboxylic acids is 1. The van der Waals surface area contributed by atoms with Crippen molar-refractivity contribution < 1.29 is 9.72 Å². The van der Waals surface area contributed by atoms with Crippen LogP contribution >= 0.6 is 15.9 Å². The number of nitro groups is 1. The Kier molecular flexibility index (Phi) is 3.86. The lowest BCUT2D eigenvalue weighted by atomic mass is 10.2. The van der Waals surface area contributed by atoms with Crippen LogP contribution in [0.15, 0.2) is 47.2 Å². The van der Waals surface area contributed by atoms with Crippen molar-refractivity contribution in [2.75, 3.05) is 5.32 Å². The van der Waals surface area contributed by atoms with E-state index in [2.05, 4.69) is 26.2 Å². The standard InChI is InChI=1S/C12H8BrN3O3/c13-10-4-3-9(16(18)19)6-11(10)15-12(17)8-2-1-5-14-7-8/h1-7H,(H,15,17). The Labute approximate surface area is 116 Å². The first-order chi connectivity index (χ1) is 9.08. The molecule has 1 N–H and O–H groups in total. The van der Waals surface area contributed by atoms with Gasteiger partial charge in [0.25, 0.3) is 11.6 Å². The molecular formula is C12H8BrN3O3. The minimum Gasteiger partial charge on any atom is -0.321 e. The summed E-state index contributed by atoms with van der Waals surface area (Å²) in [4.78, 5) is 25.9. The van der Waals surface area contributed by atoms with E-state index in [1.54, 1.807) is 18.3 Å². The van der Waals surface area contributed by atoms with E-state index >= 15 is 0 Å². The van der Waals surface area contributed by atoms with Gasteiger partial charge in [-0.15, -0.1) is 0 Å². The molecule has 0 aliphatic heterocycles. The van der Waals surface area contributed by atoms with Crippen molar-refractivity contribution >= 4 is 33.2 Å². The fourth-order valence-corrected chi connectivity index (χ4v) is 1.76. The summed E-state index contributed by atoms with van der Waals surface area (Å²) in [6.07, 6.45) is 2.97. The maximum Gasteiger partial charge on any atom is 0.271 e. The quantitative estimate of drug-likeness (QED) is 0.695. The predicted molar refractivity (Wildman–Crippen MR) is 73.0 cm³/mol. The van der Waals surface area contributed by atoms with Gasteiger partial charge in [0.2, 0.25) is 0 Å². The van der Waals surface area contributed by atoms with Crippen LogP contribution in [0.4, 0.5) is 11.4 Å². The second-order valence-electron chi connectivity index (χ2n) is 3.62. The number of amides is 1. The van der Waals surface area contributed by atoms with E-state index in [-0.39, 0.29) is 11.6 Å². The molecule has 6 nitrogen and oxygen atoms in total. The second kappa shape index (κ2) is 5.57. The number of nitrogens with zero attached hydrogens (tertiary/aromatic N) is 2. The van der Waals surface area contributed by atoms with Crippen LogP contribution in [0.3, 0.4) is 0 Å². The molecule has 0 atom stereocenters. The number of pyridine rings is 1. The van der Waals surface area contributed by atoms with Gasteiger partial charge in [0.1, 0.15) is 0 Å². The van der Waals surface area contributed by atoms with Gasteiger partial charge in [-0.3, -0.25) is 19.9 Å². The van der Waals surface area contributed by atoms with Crippen LogP contribution in [0.5, 0.6) is 0 Å². The number of anilines is 1. The number of aromatic nitrogens is 1. The first kappa shape index (κ1) is 13.2. The van der Waals surface area contributed by atoms with Gasteiger partial charge in [-0.25, -0.2) is 0 Å². The van der Waals surface area contributed by atoms with Gasteiger partial charge in [0.15, 0.2) is 0 Å². The van der Waals surface area contributed by atoms with Crippen molar-refractivity contribution in [2.24, 2.45) is 0 Å². The molecule has 19 heavy (non-hydrogen) atoms. The molecule has 7 heteroatoms. The van der Waals surface area contributed by atoms with Gasteiger partial charge in [0.05, 0.1) is 16.2 Å². The van der Waals surface area contributed by atoms with E-state index in [9.17, 15) is 14.9 Å². The van der Waals surface area contributed by atoms with Gasteiger partial charge in [-0.05, 0) is 34.1 Å². The maximum absolute atomic E-state index is 11.9. The lowest BCUT2D eigenvalue weighted by Gasteiger charge is -2.06. The van der Waals surface area contributed by atoms with Gasteiger partial charge in [-0.1, -0.05) is 0 Å². The molecule has 0 saturated heterocycles. The number of halogens is 1. The highest BCUT2D eigenvalue weighted by Crippen LogP contribution is 2.27. The molecule has 0 fully saturated rings. The van der Waals surface area contributed by atoms with Crippen molar-refractivity contribution in [1.29, 1.82) is 0 Å². The number of rotatable bonds is 3. The highest BCUT2D eigenvalue weighted by molar-refractivity contribution is 9.10. The molecule has 1 heterocycles. The van der Waals surface area contributed by atoms with Gasteiger partial charge in [0, 0.05) is 29.0 Å². The normalized spacial score (nSPS) is 9.95. The molecule has 0 aliphatic rings. The third-order valence-electron chi connectivity index (χ3n) is 2.33. The van der Waals surface area contributed by atoms with Crippen molar-refractivity contribution in [3.05, 3.63) is 62.9 Å². The summed E-state index contributed by atoms with van der Waals surface area (Å²) in [5, 5.41) is 13.3. The Hall–Kier alpha value is -2.28. The Morgan fingerprint density at radius 1 is 1.37 bits per heavy atom. The average Bonchev–Trinajstić information content (AvgIpc) is 2.42.